The van der Waals surface area contributed by atoms with Crippen molar-refractivity contribution in [2.75, 3.05) is 18.4 Å². The maximum Gasteiger partial charge on any atom is 0.229 e. The highest BCUT2D eigenvalue weighted by molar-refractivity contribution is 9.10. The van der Waals surface area contributed by atoms with Crippen LogP contribution >= 0.6 is 15.9 Å². The van der Waals surface area contributed by atoms with Gasteiger partial charge in [0.05, 0.1) is 17.8 Å². The molecule has 1 aromatic carbocycles. The molecule has 1 aliphatic rings. The van der Waals surface area contributed by atoms with E-state index in [9.17, 15) is 9.90 Å². The molecule has 1 aliphatic heterocycles. The summed E-state index contributed by atoms with van der Waals surface area (Å²) in [5, 5.41) is 20.1. The monoisotopic (exact) mass is 364 g/mol. The van der Waals surface area contributed by atoms with Crippen molar-refractivity contribution in [1.82, 2.24) is 15.1 Å². The minimum Gasteiger partial charge on any atom is -0.506 e. The number of aryl methyl sites for hydroxylation is 1. The minimum absolute atomic E-state index is 0.0560. The van der Waals surface area contributed by atoms with Crippen molar-refractivity contribution < 1.29 is 9.90 Å². The van der Waals surface area contributed by atoms with Gasteiger partial charge in [-0.15, -0.1) is 0 Å². The Morgan fingerprint density at radius 2 is 2.32 bits per heavy atom. The fourth-order valence-corrected chi connectivity index (χ4v) is 3.13. The molecule has 116 valence electrons. The summed E-state index contributed by atoms with van der Waals surface area (Å²) in [5.41, 5.74) is 1.46. The Morgan fingerprint density at radius 1 is 1.50 bits per heavy atom. The largest absolute Gasteiger partial charge is 0.506 e. The van der Waals surface area contributed by atoms with Crippen LogP contribution in [0, 0.1) is 5.92 Å². The van der Waals surface area contributed by atoms with Gasteiger partial charge in [0.25, 0.3) is 0 Å². The fraction of sp³-hybridized carbons (Fsp3) is 0.333. The lowest BCUT2D eigenvalue weighted by molar-refractivity contribution is -0.119. The molecule has 2 atom stereocenters. The number of hydrogen-bond donors (Lipinski definition) is 3. The van der Waals surface area contributed by atoms with Crippen LogP contribution in [0.15, 0.2) is 35.1 Å². The van der Waals surface area contributed by atoms with Crippen molar-refractivity contribution in [2.45, 2.75) is 5.92 Å². The van der Waals surface area contributed by atoms with Gasteiger partial charge in [-0.05, 0) is 23.8 Å². The van der Waals surface area contributed by atoms with Crippen LogP contribution in [0.1, 0.15) is 11.5 Å². The van der Waals surface area contributed by atoms with Crippen molar-refractivity contribution >= 4 is 27.5 Å². The Balaban J connectivity index is 1.77. The molecule has 22 heavy (non-hydrogen) atoms. The quantitative estimate of drug-likeness (QED) is 0.726. The van der Waals surface area contributed by atoms with Crippen LogP contribution in [0.4, 0.5) is 5.69 Å². The number of hydrogen-bond acceptors (Lipinski definition) is 4. The number of carbonyl (C=O) groups excluding carboxylic acids is 1. The summed E-state index contributed by atoms with van der Waals surface area (Å²) in [6.45, 7) is 1.36. The number of nitrogens with one attached hydrogen (secondary N) is 2. The van der Waals surface area contributed by atoms with Gasteiger partial charge in [-0.25, -0.2) is 0 Å². The van der Waals surface area contributed by atoms with Gasteiger partial charge >= 0.3 is 0 Å². The van der Waals surface area contributed by atoms with E-state index in [1.807, 2.05) is 13.2 Å². The average molecular weight is 365 g/mol. The lowest BCUT2D eigenvalue weighted by Gasteiger charge is -2.17. The van der Waals surface area contributed by atoms with Gasteiger partial charge < -0.3 is 15.7 Å². The lowest BCUT2D eigenvalue weighted by atomic mass is 9.90. The van der Waals surface area contributed by atoms with E-state index in [4.69, 9.17) is 0 Å². The summed E-state index contributed by atoms with van der Waals surface area (Å²) in [6.07, 6.45) is 3.74. The smallest absolute Gasteiger partial charge is 0.229 e. The van der Waals surface area contributed by atoms with E-state index in [-0.39, 0.29) is 23.5 Å². The predicted octanol–water partition coefficient (Wildman–Crippen LogP) is 1.83. The van der Waals surface area contributed by atoms with E-state index in [0.717, 1.165) is 16.6 Å². The number of aromatic hydroxyl groups is 1. The molecule has 1 fully saturated rings. The lowest BCUT2D eigenvalue weighted by Crippen LogP contribution is -2.28. The third-order valence-corrected chi connectivity index (χ3v) is 4.41. The zero-order chi connectivity index (χ0) is 15.7. The highest BCUT2D eigenvalue weighted by Gasteiger charge is 2.34. The second-order valence-electron chi connectivity index (χ2n) is 5.47. The maximum atomic E-state index is 12.6. The highest BCUT2D eigenvalue weighted by atomic mass is 79.9. The number of carbonyl (C=O) groups is 1. The molecular formula is C15H17BrN4O2. The summed E-state index contributed by atoms with van der Waals surface area (Å²) in [5.74, 6) is -0.154. The second-order valence-corrected chi connectivity index (χ2v) is 6.38. The van der Waals surface area contributed by atoms with Crippen LogP contribution < -0.4 is 10.6 Å². The third kappa shape index (κ3) is 3.00. The van der Waals surface area contributed by atoms with Crippen molar-refractivity contribution in [3.8, 4) is 5.75 Å². The first kappa shape index (κ1) is 15.1. The number of nitrogens with zero attached hydrogens (tertiary/aromatic N) is 2. The maximum absolute atomic E-state index is 12.6. The Hall–Kier alpha value is -1.86. The van der Waals surface area contributed by atoms with E-state index < -0.39 is 0 Å². The molecular weight excluding hydrogens is 348 g/mol. The molecule has 0 bridgehead atoms. The molecule has 0 radical (unpaired) electrons. The molecule has 2 aromatic rings. The Labute approximate surface area is 136 Å². The van der Waals surface area contributed by atoms with Crippen LogP contribution in [0.2, 0.25) is 0 Å². The summed E-state index contributed by atoms with van der Waals surface area (Å²) >= 11 is 3.34. The topological polar surface area (TPSA) is 79.2 Å². The first-order valence-electron chi connectivity index (χ1n) is 7.03. The van der Waals surface area contributed by atoms with Gasteiger partial charge in [-0.3, -0.25) is 9.48 Å². The number of anilines is 1. The van der Waals surface area contributed by atoms with Crippen LogP contribution in [0.5, 0.6) is 5.75 Å². The van der Waals surface area contributed by atoms with Gasteiger partial charge in [0.15, 0.2) is 0 Å². The number of amides is 1. The van der Waals surface area contributed by atoms with Crippen LogP contribution in [-0.2, 0) is 11.8 Å². The standard InChI is InChI=1S/C15H17BrN4O2/c1-20-8-9(5-18-20)11-6-17-7-12(11)15(22)19-13-4-10(16)2-3-14(13)21/h2-5,8,11-12,17,21H,6-7H2,1H3,(H,19,22)/t11-,12+/m1/s1. The first-order valence-corrected chi connectivity index (χ1v) is 7.82. The molecule has 3 N–H and O–H groups in total. The number of aromatic nitrogens is 2. The second kappa shape index (κ2) is 6.10. The van der Waals surface area contributed by atoms with Crippen molar-refractivity contribution in [2.24, 2.45) is 13.0 Å². The molecule has 1 amide bonds. The van der Waals surface area contributed by atoms with E-state index in [1.54, 1.807) is 29.1 Å². The number of phenols is 1. The van der Waals surface area contributed by atoms with Gasteiger partial charge in [0, 0.05) is 36.7 Å². The summed E-state index contributed by atoms with van der Waals surface area (Å²) in [4.78, 5) is 12.6. The molecule has 0 saturated carbocycles. The van der Waals surface area contributed by atoms with E-state index in [2.05, 4.69) is 31.7 Å². The number of rotatable bonds is 3. The highest BCUT2D eigenvalue weighted by Crippen LogP contribution is 2.31. The minimum atomic E-state index is -0.192. The molecule has 0 unspecified atom stereocenters. The Bertz CT molecular complexity index is 701. The predicted molar refractivity (Wildman–Crippen MR) is 86.7 cm³/mol. The molecule has 1 saturated heterocycles. The van der Waals surface area contributed by atoms with Gasteiger partial charge in [0.2, 0.25) is 5.91 Å². The molecule has 1 aromatic heterocycles. The van der Waals surface area contributed by atoms with E-state index >= 15 is 0 Å². The van der Waals surface area contributed by atoms with Crippen LogP contribution in [0.25, 0.3) is 0 Å². The Morgan fingerprint density at radius 3 is 3.05 bits per heavy atom. The van der Waals surface area contributed by atoms with Crippen LogP contribution in [0.3, 0.4) is 0 Å². The molecule has 7 heteroatoms. The molecule has 0 spiro atoms. The van der Waals surface area contributed by atoms with Crippen molar-refractivity contribution in [1.29, 1.82) is 0 Å². The van der Waals surface area contributed by atoms with Crippen molar-refractivity contribution in [3.63, 3.8) is 0 Å². The van der Waals surface area contributed by atoms with Crippen molar-refractivity contribution in [3.05, 3.63) is 40.6 Å². The molecule has 3 rings (SSSR count). The van der Waals surface area contributed by atoms with Gasteiger partial charge in [0.1, 0.15) is 5.75 Å². The Kier molecular flexibility index (Phi) is 4.17. The molecule has 6 nitrogen and oxygen atoms in total. The number of halogens is 1. The zero-order valence-corrected chi connectivity index (χ0v) is 13.7. The fourth-order valence-electron chi connectivity index (χ4n) is 2.77. The number of phenolic OH excluding ortho intramolecular Hbond substituents is 1. The van der Waals surface area contributed by atoms with E-state index in [0.29, 0.717) is 12.2 Å². The summed E-state index contributed by atoms with van der Waals surface area (Å²) < 4.78 is 2.54. The first-order chi connectivity index (χ1) is 10.5. The summed E-state index contributed by atoms with van der Waals surface area (Å²) in [7, 11) is 1.86. The molecule has 0 aliphatic carbocycles. The van der Waals surface area contributed by atoms with Gasteiger partial charge in [-0.1, -0.05) is 15.9 Å². The van der Waals surface area contributed by atoms with Crippen LogP contribution in [-0.4, -0.2) is 33.9 Å². The molecule has 2 heterocycles. The van der Waals surface area contributed by atoms with Gasteiger partial charge in [-0.2, -0.15) is 5.10 Å². The zero-order valence-electron chi connectivity index (χ0n) is 12.1. The average Bonchev–Trinajstić information content (AvgIpc) is 3.11. The normalized spacial score (nSPS) is 21.0. The van der Waals surface area contributed by atoms with E-state index in [1.165, 1.54) is 0 Å². The summed E-state index contributed by atoms with van der Waals surface area (Å²) in [6, 6.07) is 4.96. The SMILES string of the molecule is Cn1cc([C@H]2CNC[C@@H]2C(=O)Nc2cc(Br)ccc2O)cn1. The number of benzene rings is 1. The third-order valence-electron chi connectivity index (χ3n) is 3.92.